The van der Waals surface area contributed by atoms with Crippen molar-refractivity contribution in [3.8, 4) is 11.4 Å². The Morgan fingerprint density at radius 1 is 1.15 bits per heavy atom. The fourth-order valence-corrected chi connectivity index (χ4v) is 5.93. The van der Waals surface area contributed by atoms with Gasteiger partial charge in [-0.1, -0.05) is 48.1 Å². The van der Waals surface area contributed by atoms with E-state index in [4.69, 9.17) is 4.74 Å². The van der Waals surface area contributed by atoms with Crippen LogP contribution < -0.4 is 14.9 Å². The molecule has 2 heterocycles. The maximum absolute atomic E-state index is 12.7. The van der Waals surface area contributed by atoms with Crippen LogP contribution in [0.3, 0.4) is 0 Å². The van der Waals surface area contributed by atoms with Crippen molar-refractivity contribution in [1.82, 2.24) is 24.6 Å². The third-order valence-corrected chi connectivity index (χ3v) is 7.85. The smallest absolute Gasteiger partial charge is 0.308 e. The van der Waals surface area contributed by atoms with E-state index in [1.165, 1.54) is 35.9 Å². The van der Waals surface area contributed by atoms with Crippen LogP contribution in [0.15, 0.2) is 58.5 Å². The van der Waals surface area contributed by atoms with Crippen LogP contribution in [-0.2, 0) is 11.3 Å². The van der Waals surface area contributed by atoms with Gasteiger partial charge in [0.15, 0.2) is 11.0 Å². The molecule has 1 saturated carbocycles. The average Bonchev–Trinajstić information content (AvgIpc) is 3.58. The van der Waals surface area contributed by atoms with Crippen LogP contribution >= 0.6 is 23.1 Å². The Morgan fingerprint density at radius 2 is 1.91 bits per heavy atom. The van der Waals surface area contributed by atoms with E-state index in [1.807, 2.05) is 53.1 Å². The van der Waals surface area contributed by atoms with Crippen molar-refractivity contribution in [3.05, 3.63) is 64.0 Å². The molecule has 2 aromatic heterocycles. The largest absolute Gasteiger partial charge is 0.497 e. The van der Waals surface area contributed by atoms with Crippen molar-refractivity contribution in [3.63, 3.8) is 0 Å². The molecule has 0 spiro atoms. The molecule has 1 N–H and O–H groups in total. The third-order valence-electron chi connectivity index (χ3n) is 5.96. The number of benzene rings is 2. The number of para-hydroxylation sites is 1. The first-order valence-electron chi connectivity index (χ1n) is 11.2. The number of ether oxygens (including phenoxy) is 1. The molecule has 1 aliphatic rings. The Balaban J connectivity index is 1.44. The van der Waals surface area contributed by atoms with Crippen molar-refractivity contribution < 1.29 is 9.53 Å². The van der Waals surface area contributed by atoms with E-state index >= 15 is 0 Å². The maximum atomic E-state index is 12.7. The summed E-state index contributed by atoms with van der Waals surface area (Å²) < 4.78 is 9.85. The first kappa shape index (κ1) is 22.7. The van der Waals surface area contributed by atoms with Crippen LogP contribution in [0.1, 0.15) is 31.5 Å². The van der Waals surface area contributed by atoms with E-state index in [1.54, 1.807) is 11.7 Å². The summed E-state index contributed by atoms with van der Waals surface area (Å²) in [7, 11) is 1.62. The minimum Gasteiger partial charge on any atom is -0.497 e. The molecule has 10 heteroatoms. The fraction of sp³-hybridized carbons (Fsp3) is 0.333. The number of thioether (sulfide) groups is 1. The van der Waals surface area contributed by atoms with Crippen LogP contribution in [0.25, 0.3) is 15.9 Å². The Kier molecular flexibility index (Phi) is 6.68. The van der Waals surface area contributed by atoms with E-state index < -0.39 is 0 Å². The molecule has 5 rings (SSSR count). The highest BCUT2D eigenvalue weighted by atomic mass is 32.2. The van der Waals surface area contributed by atoms with Crippen molar-refractivity contribution in [2.75, 3.05) is 12.9 Å². The zero-order valence-corrected chi connectivity index (χ0v) is 20.4. The molecule has 1 fully saturated rings. The van der Waals surface area contributed by atoms with Crippen LogP contribution in [0.4, 0.5) is 0 Å². The maximum Gasteiger partial charge on any atom is 0.308 e. The lowest BCUT2D eigenvalue weighted by Crippen LogP contribution is -2.33. The normalized spacial score (nSPS) is 14.0. The number of fused-ring (bicyclic) bond motifs is 1. The van der Waals surface area contributed by atoms with Crippen molar-refractivity contribution in [2.45, 2.75) is 43.4 Å². The van der Waals surface area contributed by atoms with Crippen LogP contribution in [0, 0.1) is 0 Å². The second kappa shape index (κ2) is 10.0. The number of nitrogens with one attached hydrogen (secondary N) is 1. The number of carbonyl (C=O) groups excluding carboxylic acids is 1. The van der Waals surface area contributed by atoms with Gasteiger partial charge in [-0.15, -0.1) is 10.2 Å². The lowest BCUT2D eigenvalue weighted by atomic mass is 10.2. The second-order valence-electron chi connectivity index (χ2n) is 8.19. The number of rotatable bonds is 8. The summed E-state index contributed by atoms with van der Waals surface area (Å²) in [6.07, 6.45) is 4.44. The molecule has 0 unspecified atom stereocenters. The molecule has 176 valence electrons. The van der Waals surface area contributed by atoms with Gasteiger partial charge < -0.3 is 10.1 Å². The van der Waals surface area contributed by atoms with Gasteiger partial charge >= 0.3 is 4.87 Å². The predicted molar refractivity (Wildman–Crippen MR) is 134 cm³/mol. The van der Waals surface area contributed by atoms with Gasteiger partial charge in [0, 0.05) is 11.7 Å². The Morgan fingerprint density at radius 3 is 2.68 bits per heavy atom. The molecular weight excluding hydrogens is 470 g/mol. The number of amides is 1. The van der Waals surface area contributed by atoms with E-state index in [9.17, 15) is 9.59 Å². The summed E-state index contributed by atoms with van der Waals surface area (Å²) in [4.78, 5) is 25.2. The van der Waals surface area contributed by atoms with Crippen LogP contribution in [-0.4, -0.2) is 44.1 Å². The predicted octanol–water partition coefficient (Wildman–Crippen LogP) is 3.85. The minimum atomic E-state index is -0.0457. The highest BCUT2D eigenvalue weighted by Crippen LogP contribution is 2.26. The molecule has 0 saturated heterocycles. The molecule has 34 heavy (non-hydrogen) atoms. The van der Waals surface area contributed by atoms with Crippen molar-refractivity contribution in [2.24, 2.45) is 0 Å². The van der Waals surface area contributed by atoms with E-state index in [-0.39, 0.29) is 29.1 Å². The summed E-state index contributed by atoms with van der Waals surface area (Å²) >= 11 is 2.56. The molecule has 1 aliphatic carbocycles. The standard InChI is InChI=1S/C24H25N5O3S2/c1-32-18-12-10-17(11-13-18)29-21(14-28-19-8-4-5-9-20(19)34-24(28)31)26-27-23(29)33-15-22(30)25-16-6-2-3-7-16/h4-5,8-13,16H,2-3,6-7,14-15H2,1H3,(H,25,30). The van der Waals surface area contributed by atoms with Crippen LogP contribution in [0.2, 0.25) is 0 Å². The van der Waals surface area contributed by atoms with Gasteiger partial charge in [0.2, 0.25) is 5.91 Å². The number of methoxy groups -OCH3 is 1. The fourth-order valence-electron chi connectivity index (χ4n) is 4.26. The Labute approximate surface area is 205 Å². The molecule has 0 atom stereocenters. The number of hydrogen-bond acceptors (Lipinski definition) is 7. The quantitative estimate of drug-likeness (QED) is 0.374. The highest BCUT2D eigenvalue weighted by Gasteiger charge is 2.20. The molecule has 0 bridgehead atoms. The zero-order valence-electron chi connectivity index (χ0n) is 18.8. The topological polar surface area (TPSA) is 91.0 Å². The Bertz CT molecular complexity index is 1350. The summed E-state index contributed by atoms with van der Waals surface area (Å²) in [6, 6.07) is 15.6. The number of hydrogen-bond donors (Lipinski definition) is 1. The van der Waals surface area contributed by atoms with Crippen molar-refractivity contribution >= 4 is 39.2 Å². The number of aromatic nitrogens is 4. The number of carbonyl (C=O) groups is 1. The summed E-state index contributed by atoms with van der Waals surface area (Å²) in [5.41, 5.74) is 1.71. The first-order chi connectivity index (χ1) is 16.6. The molecule has 2 aromatic carbocycles. The summed E-state index contributed by atoms with van der Waals surface area (Å²) in [6.45, 7) is 0.275. The van der Waals surface area contributed by atoms with Gasteiger partial charge in [0.05, 0.1) is 29.6 Å². The molecule has 0 radical (unpaired) electrons. The SMILES string of the molecule is COc1ccc(-n2c(Cn3c(=O)sc4ccccc43)nnc2SCC(=O)NC2CCCC2)cc1. The minimum absolute atomic E-state index is 0.00257. The lowest BCUT2D eigenvalue weighted by molar-refractivity contribution is -0.119. The molecule has 0 aliphatic heterocycles. The lowest BCUT2D eigenvalue weighted by Gasteiger charge is -2.13. The number of thiazole rings is 1. The zero-order chi connectivity index (χ0) is 23.5. The van der Waals surface area contributed by atoms with Gasteiger partial charge in [-0.3, -0.25) is 18.7 Å². The molecule has 4 aromatic rings. The molecular formula is C24H25N5O3S2. The van der Waals surface area contributed by atoms with Gasteiger partial charge in [0.1, 0.15) is 5.75 Å². The van der Waals surface area contributed by atoms with E-state index in [2.05, 4.69) is 15.5 Å². The molecule has 1 amide bonds. The van der Waals surface area contributed by atoms with Gasteiger partial charge in [-0.2, -0.15) is 0 Å². The first-order valence-corrected chi connectivity index (χ1v) is 13.0. The second-order valence-corrected chi connectivity index (χ2v) is 10.1. The van der Waals surface area contributed by atoms with E-state index in [0.29, 0.717) is 11.0 Å². The Hall–Kier alpha value is -3.11. The van der Waals surface area contributed by atoms with E-state index in [0.717, 1.165) is 34.5 Å². The highest BCUT2D eigenvalue weighted by molar-refractivity contribution is 7.99. The summed E-state index contributed by atoms with van der Waals surface area (Å²) in [5.74, 6) is 1.62. The van der Waals surface area contributed by atoms with Gasteiger partial charge in [-0.05, 0) is 49.2 Å². The van der Waals surface area contributed by atoms with Gasteiger partial charge in [0.25, 0.3) is 0 Å². The summed E-state index contributed by atoms with van der Waals surface area (Å²) in [5, 5.41) is 12.5. The molecule has 8 nitrogen and oxygen atoms in total. The van der Waals surface area contributed by atoms with Crippen molar-refractivity contribution in [1.29, 1.82) is 0 Å². The third kappa shape index (κ3) is 4.74. The average molecular weight is 496 g/mol. The monoisotopic (exact) mass is 495 g/mol. The van der Waals surface area contributed by atoms with Gasteiger partial charge in [-0.25, -0.2) is 0 Å². The number of nitrogens with zero attached hydrogens (tertiary/aromatic N) is 4. The van der Waals surface area contributed by atoms with Crippen LogP contribution in [0.5, 0.6) is 5.75 Å².